The number of methoxy groups -OCH3 is 1. The predicted molar refractivity (Wildman–Crippen MR) is 115 cm³/mol. The topological polar surface area (TPSA) is 75.6 Å². The minimum absolute atomic E-state index is 0.268. The number of para-hydroxylation sites is 1. The Morgan fingerprint density at radius 1 is 1.10 bits per heavy atom. The number of ether oxygens (including phenoxy) is 1. The Bertz CT molecular complexity index is 987. The maximum Gasteiger partial charge on any atom is 0.258 e. The second kappa shape index (κ2) is 10.0. The van der Waals surface area contributed by atoms with Crippen LogP contribution in [-0.2, 0) is 13.0 Å². The molecule has 6 heteroatoms. The number of anilines is 1. The van der Waals surface area contributed by atoms with Crippen molar-refractivity contribution in [1.29, 1.82) is 0 Å². The minimum Gasteiger partial charge on any atom is -0.497 e. The van der Waals surface area contributed by atoms with Gasteiger partial charge in [0.1, 0.15) is 5.75 Å². The third-order valence-corrected chi connectivity index (χ3v) is 4.36. The van der Waals surface area contributed by atoms with Crippen LogP contribution in [0.15, 0.2) is 78.0 Å². The summed E-state index contributed by atoms with van der Waals surface area (Å²) in [6.07, 6.45) is 4.34. The lowest BCUT2D eigenvalue weighted by Crippen LogP contribution is -2.36. The highest BCUT2D eigenvalue weighted by Gasteiger charge is 2.11. The number of carbonyl (C=O) groups excluding carboxylic acids is 1. The maximum absolute atomic E-state index is 12.8. The second-order valence-corrected chi connectivity index (χ2v) is 6.35. The molecule has 0 aliphatic rings. The third-order valence-electron chi connectivity index (χ3n) is 4.36. The number of hydrogen-bond donors (Lipinski definition) is 2. The zero-order valence-electron chi connectivity index (χ0n) is 16.6. The summed E-state index contributed by atoms with van der Waals surface area (Å²) in [5.41, 5.74) is 3.48. The first-order valence-corrected chi connectivity index (χ1v) is 9.43. The van der Waals surface area contributed by atoms with E-state index in [4.69, 9.17) is 4.74 Å². The van der Waals surface area contributed by atoms with Crippen LogP contribution in [0.3, 0.4) is 0 Å². The molecule has 1 heterocycles. The summed E-state index contributed by atoms with van der Waals surface area (Å²) in [6, 6.07) is 18.8. The van der Waals surface area contributed by atoms with Gasteiger partial charge in [0, 0.05) is 23.6 Å². The third kappa shape index (κ3) is 5.65. The van der Waals surface area contributed by atoms with Crippen LogP contribution < -0.4 is 15.4 Å². The van der Waals surface area contributed by atoms with Gasteiger partial charge in [-0.05, 0) is 47.9 Å². The molecule has 29 heavy (non-hydrogen) atoms. The zero-order chi connectivity index (χ0) is 20.5. The number of benzene rings is 2. The Morgan fingerprint density at radius 2 is 1.97 bits per heavy atom. The van der Waals surface area contributed by atoms with Crippen LogP contribution >= 0.6 is 0 Å². The van der Waals surface area contributed by atoms with Gasteiger partial charge in [0.25, 0.3) is 5.91 Å². The molecule has 0 atom stereocenters. The molecule has 1 amide bonds. The van der Waals surface area contributed by atoms with Gasteiger partial charge in [-0.3, -0.25) is 15.1 Å². The molecule has 6 nitrogen and oxygen atoms in total. The molecule has 0 fully saturated rings. The molecule has 3 rings (SSSR count). The van der Waals surface area contributed by atoms with Gasteiger partial charge in [0.05, 0.1) is 13.7 Å². The highest BCUT2D eigenvalue weighted by molar-refractivity contribution is 6.10. The first-order chi connectivity index (χ1) is 14.2. The average Bonchev–Trinajstić information content (AvgIpc) is 2.78. The predicted octanol–water partition coefficient (Wildman–Crippen LogP) is 4.05. The molecule has 0 bridgehead atoms. The summed E-state index contributed by atoms with van der Waals surface area (Å²) < 4.78 is 5.21. The van der Waals surface area contributed by atoms with Crippen LogP contribution in [0.2, 0.25) is 0 Å². The van der Waals surface area contributed by atoms with E-state index >= 15 is 0 Å². The van der Waals surface area contributed by atoms with Crippen LogP contribution in [0, 0.1) is 0 Å². The fraction of sp³-hybridized carbons (Fsp3) is 0.174. The molecular formula is C23H24N4O2. The molecule has 0 radical (unpaired) electrons. The van der Waals surface area contributed by atoms with E-state index in [0.717, 1.165) is 23.2 Å². The Kier molecular flexibility index (Phi) is 6.95. The Labute approximate surface area is 170 Å². The molecule has 3 aromatic rings. The summed E-state index contributed by atoms with van der Waals surface area (Å²) in [4.78, 5) is 21.5. The number of hydrogen-bond acceptors (Lipinski definition) is 4. The fourth-order valence-corrected chi connectivity index (χ4v) is 2.79. The molecule has 0 saturated heterocycles. The van der Waals surface area contributed by atoms with Crippen molar-refractivity contribution in [3.8, 4) is 5.75 Å². The summed E-state index contributed by atoms with van der Waals surface area (Å²) in [7, 11) is 1.57. The Balaban J connectivity index is 1.84. The van der Waals surface area contributed by atoms with Crippen molar-refractivity contribution in [3.63, 3.8) is 0 Å². The Hall–Kier alpha value is -3.67. The number of aromatic nitrogens is 1. The lowest BCUT2D eigenvalue weighted by atomic mass is 10.1. The first-order valence-electron chi connectivity index (χ1n) is 9.43. The van der Waals surface area contributed by atoms with Crippen molar-refractivity contribution in [1.82, 2.24) is 10.3 Å². The number of nitrogens with one attached hydrogen (secondary N) is 2. The molecule has 0 aliphatic heterocycles. The van der Waals surface area contributed by atoms with Gasteiger partial charge < -0.3 is 10.1 Å². The van der Waals surface area contributed by atoms with E-state index in [1.54, 1.807) is 43.8 Å². The smallest absolute Gasteiger partial charge is 0.258 e. The van der Waals surface area contributed by atoms with Gasteiger partial charge in [-0.2, -0.15) is 0 Å². The van der Waals surface area contributed by atoms with Crippen LogP contribution in [-0.4, -0.2) is 24.0 Å². The van der Waals surface area contributed by atoms with Crippen LogP contribution in [0.4, 0.5) is 5.69 Å². The minimum atomic E-state index is -0.268. The molecule has 0 aliphatic carbocycles. The number of pyridine rings is 1. The average molecular weight is 388 g/mol. The lowest BCUT2D eigenvalue weighted by molar-refractivity contribution is 0.0976. The number of nitrogens with zero attached hydrogens (tertiary/aromatic N) is 2. The van der Waals surface area contributed by atoms with E-state index in [1.807, 2.05) is 36.4 Å². The van der Waals surface area contributed by atoms with Crippen molar-refractivity contribution >= 4 is 17.6 Å². The summed E-state index contributed by atoms with van der Waals surface area (Å²) in [5.74, 6) is 0.730. The second-order valence-electron chi connectivity index (χ2n) is 6.35. The van der Waals surface area contributed by atoms with E-state index in [-0.39, 0.29) is 5.91 Å². The fourth-order valence-electron chi connectivity index (χ4n) is 2.79. The van der Waals surface area contributed by atoms with Gasteiger partial charge in [0.15, 0.2) is 0 Å². The van der Waals surface area contributed by atoms with Crippen molar-refractivity contribution in [2.24, 2.45) is 4.99 Å². The molecule has 0 unspecified atom stereocenters. The maximum atomic E-state index is 12.8. The van der Waals surface area contributed by atoms with Gasteiger partial charge in [-0.1, -0.05) is 37.3 Å². The number of carbonyl (C=O) groups is 1. The summed E-state index contributed by atoms with van der Waals surface area (Å²) in [5, 5.41) is 6.14. The van der Waals surface area contributed by atoms with Crippen molar-refractivity contribution in [3.05, 3.63) is 89.7 Å². The molecule has 0 saturated carbocycles. The monoisotopic (exact) mass is 388 g/mol. The van der Waals surface area contributed by atoms with E-state index in [0.29, 0.717) is 23.8 Å². The quantitative estimate of drug-likeness (QED) is 0.493. The number of rotatable bonds is 6. The molecular weight excluding hydrogens is 364 g/mol. The van der Waals surface area contributed by atoms with E-state index in [2.05, 4.69) is 27.5 Å². The molecule has 0 spiro atoms. The number of guanidine groups is 1. The molecule has 1 aromatic heterocycles. The normalized spacial score (nSPS) is 11.0. The van der Waals surface area contributed by atoms with Crippen LogP contribution in [0.1, 0.15) is 28.4 Å². The molecule has 148 valence electrons. The first kappa shape index (κ1) is 20.1. The number of aliphatic imine (C=N–C) groups is 1. The van der Waals surface area contributed by atoms with Gasteiger partial charge in [0.2, 0.25) is 5.96 Å². The summed E-state index contributed by atoms with van der Waals surface area (Å²) >= 11 is 0. The van der Waals surface area contributed by atoms with Gasteiger partial charge in [-0.25, -0.2) is 4.99 Å². The van der Waals surface area contributed by atoms with Crippen molar-refractivity contribution in [2.45, 2.75) is 19.9 Å². The molecule has 2 N–H and O–H groups in total. The van der Waals surface area contributed by atoms with Gasteiger partial charge >= 0.3 is 0 Å². The van der Waals surface area contributed by atoms with Crippen molar-refractivity contribution in [2.75, 3.05) is 12.4 Å². The van der Waals surface area contributed by atoms with Crippen LogP contribution in [0.5, 0.6) is 5.75 Å². The lowest BCUT2D eigenvalue weighted by Gasteiger charge is -2.15. The zero-order valence-corrected chi connectivity index (χ0v) is 16.6. The van der Waals surface area contributed by atoms with Gasteiger partial charge in [-0.15, -0.1) is 0 Å². The highest BCUT2D eigenvalue weighted by Crippen LogP contribution is 2.16. The number of aryl methyl sites for hydroxylation is 1. The van der Waals surface area contributed by atoms with Crippen LogP contribution in [0.25, 0.3) is 0 Å². The van der Waals surface area contributed by atoms with E-state index < -0.39 is 0 Å². The largest absolute Gasteiger partial charge is 0.497 e. The summed E-state index contributed by atoms with van der Waals surface area (Å²) in [6.45, 7) is 2.48. The standard InChI is InChI=1S/C23H24N4O2/c1-3-18-9-4-5-12-21(18)26-23(25-16-17-8-7-13-24-15-17)27-22(28)19-10-6-11-20(14-19)29-2/h4-15H,3,16H2,1-2H3,(H2,25,26,27,28). The van der Waals surface area contributed by atoms with E-state index in [1.165, 1.54) is 0 Å². The molecule has 2 aromatic carbocycles. The highest BCUT2D eigenvalue weighted by atomic mass is 16.5. The Morgan fingerprint density at radius 3 is 2.72 bits per heavy atom. The van der Waals surface area contributed by atoms with E-state index in [9.17, 15) is 4.79 Å². The number of amides is 1. The SMILES string of the molecule is CCc1ccccc1NC(=NCc1cccnc1)NC(=O)c1cccc(OC)c1. The van der Waals surface area contributed by atoms with Crippen molar-refractivity contribution < 1.29 is 9.53 Å².